The SMILES string of the molecule is CCOC[C@@H]1CN(CC(F)(F)F)C(=O)c2c(O)c(=O)c(C(=O)NCc3c(F)cc(F)cc3F)cn21.COCC[C@@H]1CN(CC(F)(F)F)C(=O)c2c(O)c(=O)c(C(=O)NCc3c(F)cc(F)cc3F)cn21. The van der Waals surface area contributed by atoms with Crippen molar-refractivity contribution in [3.63, 3.8) is 0 Å². The standard InChI is InChI=1S/2C21H19F6N3O5/c1-35-3-2-11-7-29(9-21(25,26)27)20(34)16-18(32)17(31)13(8-30(11)16)19(33)28-6-12-14(23)4-10(22)5-15(12)24;1-2-35-8-11-6-29(9-21(25,26)27)20(34)16-18(32)17(31)13(7-30(11)16)19(33)28-5-12-14(23)3-10(22)4-15(12)24/h4-5,8,11,32H,2-3,6-7,9H2,1H3,(H,28,33);3-4,7,11,32H,2,5-6,8-9H2,1H3,(H,28,33)/t2*11-/m10/s1. The molecule has 2 atom stereocenters. The summed E-state index contributed by atoms with van der Waals surface area (Å²) in [6, 6.07) is -0.349. The first kappa shape index (κ1) is 53.8. The lowest BCUT2D eigenvalue weighted by Gasteiger charge is -2.36. The highest BCUT2D eigenvalue weighted by Gasteiger charge is 2.42. The minimum absolute atomic E-state index is 0.0374. The van der Waals surface area contributed by atoms with Crippen LogP contribution >= 0.6 is 0 Å². The van der Waals surface area contributed by atoms with E-state index in [4.69, 9.17) is 9.47 Å². The molecule has 0 bridgehead atoms. The van der Waals surface area contributed by atoms with Crippen LogP contribution in [0.2, 0.25) is 0 Å². The Labute approximate surface area is 385 Å². The second-order valence-corrected chi connectivity index (χ2v) is 15.4. The van der Waals surface area contributed by atoms with Crippen molar-refractivity contribution < 1.29 is 91.5 Å². The van der Waals surface area contributed by atoms with Crippen molar-refractivity contribution in [2.45, 2.75) is 50.9 Å². The van der Waals surface area contributed by atoms with Gasteiger partial charge in [-0.05, 0) is 13.3 Å². The van der Waals surface area contributed by atoms with Gasteiger partial charge < -0.3 is 49.3 Å². The lowest BCUT2D eigenvalue weighted by Crippen LogP contribution is -2.49. The normalized spacial score (nSPS) is 15.8. The number of aromatic hydroxyl groups is 2. The van der Waals surface area contributed by atoms with Gasteiger partial charge in [0.25, 0.3) is 23.6 Å². The van der Waals surface area contributed by atoms with E-state index in [1.54, 1.807) is 6.92 Å². The van der Waals surface area contributed by atoms with Crippen molar-refractivity contribution in [2.24, 2.45) is 0 Å². The first-order valence-electron chi connectivity index (χ1n) is 20.3. The van der Waals surface area contributed by atoms with E-state index in [0.717, 1.165) is 21.5 Å². The number of halogens is 12. The van der Waals surface area contributed by atoms with Crippen LogP contribution in [0.25, 0.3) is 0 Å². The first-order valence-corrected chi connectivity index (χ1v) is 20.3. The van der Waals surface area contributed by atoms with Gasteiger partial charge in [-0.25, -0.2) is 26.3 Å². The molecule has 4 heterocycles. The summed E-state index contributed by atoms with van der Waals surface area (Å²) in [5.41, 5.74) is -7.12. The minimum Gasteiger partial charge on any atom is -0.503 e. The zero-order valence-corrected chi connectivity index (χ0v) is 36.2. The van der Waals surface area contributed by atoms with Crippen LogP contribution in [0.15, 0.2) is 46.2 Å². The zero-order chi connectivity index (χ0) is 52.2. The van der Waals surface area contributed by atoms with Crippen LogP contribution in [-0.4, -0.2) is 118 Å². The van der Waals surface area contributed by atoms with E-state index in [0.29, 0.717) is 34.1 Å². The highest BCUT2D eigenvalue weighted by molar-refractivity contribution is 6.00. The van der Waals surface area contributed by atoms with E-state index in [2.05, 4.69) is 10.6 Å². The Balaban J connectivity index is 0.000000261. The number of fused-ring (bicyclic) bond motifs is 2. The molecule has 0 fully saturated rings. The minimum atomic E-state index is -4.76. The van der Waals surface area contributed by atoms with Crippen molar-refractivity contribution >= 4 is 23.6 Å². The van der Waals surface area contributed by atoms with Gasteiger partial charge in [-0.15, -0.1) is 0 Å². The molecule has 2 aromatic carbocycles. The number of carbonyl (C=O) groups excluding carboxylic acids is 4. The summed E-state index contributed by atoms with van der Waals surface area (Å²) in [4.78, 5) is 76.5. The second kappa shape index (κ2) is 21.7. The van der Waals surface area contributed by atoms with Gasteiger partial charge in [0.05, 0.1) is 18.7 Å². The maximum absolute atomic E-state index is 13.8. The average Bonchev–Trinajstić information content (AvgIpc) is 3.25. The maximum Gasteiger partial charge on any atom is 0.406 e. The van der Waals surface area contributed by atoms with Gasteiger partial charge in [-0.1, -0.05) is 0 Å². The van der Waals surface area contributed by atoms with E-state index in [1.165, 1.54) is 7.11 Å². The average molecular weight is 1010 g/mol. The molecule has 0 aliphatic carbocycles. The number of pyridine rings is 2. The molecular formula is C42H38F12N6O10. The Morgan fingerprint density at radius 3 is 1.39 bits per heavy atom. The number of benzene rings is 2. The smallest absolute Gasteiger partial charge is 0.406 e. The number of nitrogens with one attached hydrogen (secondary N) is 2. The van der Waals surface area contributed by atoms with Crippen LogP contribution < -0.4 is 21.5 Å². The third-order valence-electron chi connectivity index (χ3n) is 10.5. The predicted molar refractivity (Wildman–Crippen MR) is 215 cm³/mol. The second-order valence-electron chi connectivity index (χ2n) is 15.4. The molecule has 2 aliphatic rings. The highest BCUT2D eigenvalue weighted by atomic mass is 19.4. The maximum atomic E-state index is 13.8. The Morgan fingerprint density at radius 1 is 0.657 bits per heavy atom. The summed E-state index contributed by atoms with van der Waals surface area (Å²) in [6.07, 6.45) is -7.71. The summed E-state index contributed by atoms with van der Waals surface area (Å²) in [5, 5.41) is 24.9. The van der Waals surface area contributed by atoms with Crippen LogP contribution in [0.1, 0.15) is 78.2 Å². The molecule has 16 nitrogen and oxygen atoms in total. The first-order chi connectivity index (χ1) is 32.7. The number of hydrogen-bond donors (Lipinski definition) is 4. The van der Waals surface area contributed by atoms with Gasteiger partial charge in [0.15, 0.2) is 22.9 Å². The van der Waals surface area contributed by atoms with Crippen LogP contribution in [0.5, 0.6) is 11.5 Å². The van der Waals surface area contributed by atoms with Gasteiger partial charge in [0.2, 0.25) is 10.9 Å². The number of methoxy groups -OCH3 is 1. The molecule has 0 saturated carbocycles. The Bertz CT molecular complexity index is 2570. The van der Waals surface area contributed by atoms with E-state index in [1.807, 2.05) is 0 Å². The van der Waals surface area contributed by atoms with Crippen molar-refractivity contribution in [1.82, 2.24) is 29.6 Å². The molecule has 70 heavy (non-hydrogen) atoms. The fourth-order valence-electron chi connectivity index (χ4n) is 7.30. The van der Waals surface area contributed by atoms with E-state index < -0.39 is 178 Å². The van der Waals surface area contributed by atoms with Crippen LogP contribution in [0.4, 0.5) is 52.7 Å². The number of nitrogens with zero attached hydrogens (tertiary/aromatic N) is 4. The van der Waals surface area contributed by atoms with Gasteiger partial charge >= 0.3 is 12.4 Å². The number of alkyl halides is 6. The lowest BCUT2D eigenvalue weighted by molar-refractivity contribution is -0.143. The number of rotatable bonds is 14. The molecule has 0 saturated heterocycles. The molecule has 6 rings (SSSR count). The molecule has 2 aromatic heterocycles. The Morgan fingerprint density at radius 2 is 1.03 bits per heavy atom. The van der Waals surface area contributed by atoms with Crippen LogP contribution in [0, 0.1) is 34.9 Å². The molecule has 4 aromatic rings. The molecule has 380 valence electrons. The van der Waals surface area contributed by atoms with Crippen molar-refractivity contribution in [3.05, 3.63) is 126 Å². The fraction of sp³-hybridized carbons (Fsp3) is 0.381. The van der Waals surface area contributed by atoms with Crippen LogP contribution in [0.3, 0.4) is 0 Å². The summed E-state index contributed by atoms with van der Waals surface area (Å²) in [7, 11) is 1.33. The van der Waals surface area contributed by atoms with Gasteiger partial charge in [-0.2, -0.15) is 26.3 Å². The summed E-state index contributed by atoms with van der Waals surface area (Å²) in [6.45, 7) is -4.21. The van der Waals surface area contributed by atoms with E-state index >= 15 is 0 Å². The van der Waals surface area contributed by atoms with Gasteiger partial charge in [0, 0.05) is 94.3 Å². The fourth-order valence-corrected chi connectivity index (χ4v) is 7.30. The molecule has 0 spiro atoms. The molecular weight excluding hydrogens is 976 g/mol. The molecule has 2 aliphatic heterocycles. The summed E-state index contributed by atoms with van der Waals surface area (Å²) in [5.74, 6) is -15.0. The van der Waals surface area contributed by atoms with Crippen molar-refractivity contribution in [3.8, 4) is 11.5 Å². The van der Waals surface area contributed by atoms with Crippen molar-refractivity contribution in [2.75, 3.05) is 53.1 Å². The Kier molecular flexibility index (Phi) is 16.7. The zero-order valence-electron chi connectivity index (χ0n) is 36.2. The number of hydrogen-bond acceptors (Lipinski definition) is 10. The lowest BCUT2D eigenvalue weighted by atomic mass is 10.0. The summed E-state index contributed by atoms with van der Waals surface area (Å²) >= 11 is 0. The topological polar surface area (TPSA) is 202 Å². The highest BCUT2D eigenvalue weighted by Crippen LogP contribution is 2.32. The molecule has 28 heteroatoms. The third kappa shape index (κ3) is 12.4. The number of amides is 4. The number of ether oxygens (including phenoxy) is 2. The number of carbonyl (C=O) groups is 4. The van der Waals surface area contributed by atoms with Crippen LogP contribution in [-0.2, 0) is 22.6 Å². The van der Waals surface area contributed by atoms with Crippen molar-refractivity contribution in [1.29, 1.82) is 0 Å². The molecule has 4 amide bonds. The molecule has 0 unspecified atom stereocenters. The van der Waals surface area contributed by atoms with E-state index in [-0.39, 0.29) is 26.2 Å². The summed E-state index contributed by atoms with van der Waals surface area (Å²) < 4.78 is 171. The Hall–Kier alpha value is -7.10. The molecule has 0 radical (unpaired) electrons. The third-order valence-corrected chi connectivity index (χ3v) is 10.5. The van der Waals surface area contributed by atoms with Gasteiger partial charge in [0.1, 0.15) is 59.1 Å². The largest absolute Gasteiger partial charge is 0.503 e. The van der Waals surface area contributed by atoms with Gasteiger partial charge in [-0.3, -0.25) is 28.8 Å². The monoisotopic (exact) mass is 1010 g/mol. The molecule has 4 N–H and O–H groups in total. The predicted octanol–water partition coefficient (Wildman–Crippen LogP) is 4.99. The quantitative estimate of drug-likeness (QED) is 0.125. The van der Waals surface area contributed by atoms with E-state index in [9.17, 15) is 91.7 Å². The number of aromatic nitrogens is 2.